The Morgan fingerprint density at radius 2 is 1.82 bits per heavy atom. The van der Waals surface area contributed by atoms with Crippen molar-refractivity contribution >= 4 is 18.0 Å². The van der Waals surface area contributed by atoms with Crippen molar-refractivity contribution < 1.29 is 42.8 Å². The first-order chi connectivity index (χ1) is 17.9. The lowest BCUT2D eigenvalue weighted by atomic mass is 9.96. The molecule has 0 saturated carbocycles. The third-order valence-corrected chi connectivity index (χ3v) is 5.93. The van der Waals surface area contributed by atoms with Crippen molar-refractivity contribution in [3.05, 3.63) is 29.8 Å². The van der Waals surface area contributed by atoms with Gasteiger partial charge in [0.05, 0.1) is 24.5 Å². The average molecular weight is 538 g/mol. The zero-order chi connectivity index (χ0) is 28.3. The summed E-state index contributed by atoms with van der Waals surface area (Å²) in [6, 6.07) is 7.60. The molecule has 1 aromatic rings. The van der Waals surface area contributed by atoms with E-state index in [1.807, 2.05) is 38.1 Å². The minimum atomic E-state index is -1.07. The minimum Gasteiger partial charge on any atom is -0.491 e. The normalized spacial score (nSPS) is 19.3. The van der Waals surface area contributed by atoms with Crippen molar-refractivity contribution in [2.75, 3.05) is 26.9 Å². The zero-order valence-electron chi connectivity index (χ0n) is 23.6. The monoisotopic (exact) mass is 537 g/mol. The van der Waals surface area contributed by atoms with Crippen molar-refractivity contribution in [3.8, 4) is 5.75 Å². The molecule has 2 rings (SSSR count). The first-order valence-corrected chi connectivity index (χ1v) is 13.1. The second-order valence-electron chi connectivity index (χ2n) is 10.7. The van der Waals surface area contributed by atoms with Crippen LogP contribution in [0.1, 0.15) is 59.9 Å². The van der Waals surface area contributed by atoms with Crippen molar-refractivity contribution in [2.45, 2.75) is 79.0 Å². The summed E-state index contributed by atoms with van der Waals surface area (Å²) in [4.78, 5) is 37.5. The summed E-state index contributed by atoms with van der Waals surface area (Å²) in [6.45, 7) is 11.6. The molecule has 1 N–H and O–H groups in total. The molecule has 0 bridgehead atoms. The predicted molar refractivity (Wildman–Crippen MR) is 139 cm³/mol. The van der Waals surface area contributed by atoms with Crippen LogP contribution in [0.2, 0.25) is 0 Å². The highest BCUT2D eigenvalue weighted by Crippen LogP contribution is 2.25. The van der Waals surface area contributed by atoms with Gasteiger partial charge in [0.15, 0.2) is 0 Å². The van der Waals surface area contributed by atoms with Gasteiger partial charge in [0, 0.05) is 32.7 Å². The van der Waals surface area contributed by atoms with Crippen LogP contribution < -0.4 is 10.1 Å². The van der Waals surface area contributed by atoms with Crippen LogP contribution in [0.5, 0.6) is 5.75 Å². The van der Waals surface area contributed by atoms with E-state index < -0.39 is 41.8 Å². The highest BCUT2D eigenvalue weighted by atomic mass is 16.7. The first kappa shape index (κ1) is 31.4. The Kier molecular flexibility index (Phi) is 12.3. The Morgan fingerprint density at radius 1 is 1.11 bits per heavy atom. The summed E-state index contributed by atoms with van der Waals surface area (Å²) in [5.74, 6) is -1.46. The number of amides is 1. The quantitative estimate of drug-likeness (QED) is 0.308. The zero-order valence-corrected chi connectivity index (χ0v) is 23.6. The van der Waals surface area contributed by atoms with Crippen molar-refractivity contribution in [1.29, 1.82) is 0 Å². The molecule has 214 valence electrons. The van der Waals surface area contributed by atoms with Gasteiger partial charge in [-0.15, -0.1) is 0 Å². The SMILES string of the molecule is COCc1ccccc1OCC1CC(C(=O)OC(C)OC(=O)[C@@H](CNC(=O)OC(C)(C)C)C(C)C)CCO1. The van der Waals surface area contributed by atoms with E-state index in [2.05, 4.69) is 5.32 Å². The van der Waals surface area contributed by atoms with Gasteiger partial charge in [-0.25, -0.2) is 4.79 Å². The second kappa shape index (κ2) is 14.9. The molecule has 10 nitrogen and oxygen atoms in total. The number of benzene rings is 1. The number of methoxy groups -OCH3 is 1. The number of nitrogens with one attached hydrogen (secondary N) is 1. The van der Waals surface area contributed by atoms with Crippen LogP contribution in [0.15, 0.2) is 24.3 Å². The summed E-state index contributed by atoms with van der Waals surface area (Å²) < 4.78 is 33.0. The number of alkyl carbamates (subject to hydrolysis) is 1. The molecule has 3 unspecified atom stereocenters. The number of carbonyl (C=O) groups is 3. The molecule has 1 saturated heterocycles. The summed E-state index contributed by atoms with van der Waals surface area (Å²) in [5.41, 5.74) is 0.281. The highest BCUT2D eigenvalue weighted by molar-refractivity contribution is 5.75. The molecular formula is C28H43NO9. The molecule has 0 radical (unpaired) electrons. The number of para-hydroxylation sites is 1. The van der Waals surface area contributed by atoms with Crippen molar-refractivity contribution in [1.82, 2.24) is 5.32 Å². The maximum absolute atomic E-state index is 12.8. The Balaban J connectivity index is 1.83. The van der Waals surface area contributed by atoms with Gasteiger partial charge in [-0.1, -0.05) is 32.0 Å². The molecule has 10 heteroatoms. The van der Waals surface area contributed by atoms with Crippen LogP contribution >= 0.6 is 0 Å². The number of hydrogen-bond acceptors (Lipinski definition) is 9. The second-order valence-corrected chi connectivity index (χ2v) is 10.7. The Hall–Kier alpha value is -2.85. The summed E-state index contributed by atoms with van der Waals surface area (Å²) in [7, 11) is 1.62. The molecule has 1 aliphatic heterocycles. The van der Waals surface area contributed by atoms with Gasteiger partial charge in [0.1, 0.15) is 18.0 Å². The van der Waals surface area contributed by atoms with E-state index in [-0.39, 0.29) is 25.2 Å². The van der Waals surface area contributed by atoms with E-state index in [9.17, 15) is 14.4 Å². The Morgan fingerprint density at radius 3 is 2.47 bits per heavy atom. The first-order valence-electron chi connectivity index (χ1n) is 13.1. The lowest BCUT2D eigenvalue weighted by molar-refractivity contribution is -0.193. The predicted octanol–water partition coefficient (Wildman–Crippen LogP) is 4.24. The van der Waals surface area contributed by atoms with Crippen LogP contribution in [0.25, 0.3) is 0 Å². The van der Waals surface area contributed by atoms with E-state index in [0.29, 0.717) is 31.8 Å². The molecule has 1 amide bonds. The average Bonchev–Trinajstić information content (AvgIpc) is 2.82. The van der Waals surface area contributed by atoms with Gasteiger partial charge in [-0.05, 0) is 45.6 Å². The fourth-order valence-corrected chi connectivity index (χ4v) is 3.95. The molecule has 4 atom stereocenters. The lowest BCUT2D eigenvalue weighted by Crippen LogP contribution is -2.40. The largest absolute Gasteiger partial charge is 0.491 e. The molecule has 1 aliphatic rings. The maximum atomic E-state index is 12.8. The van der Waals surface area contributed by atoms with Crippen LogP contribution in [-0.2, 0) is 39.9 Å². The Bertz CT molecular complexity index is 912. The lowest BCUT2D eigenvalue weighted by Gasteiger charge is -2.29. The van der Waals surface area contributed by atoms with E-state index in [0.717, 1.165) is 5.56 Å². The standard InChI is InChI=1S/C28H43NO9/c1-18(2)23(15-29-27(32)38-28(4,5)6)26(31)37-19(3)36-25(30)20-12-13-34-22(14-20)17-35-24-11-9-8-10-21(24)16-33-7/h8-11,18-20,22-23H,12-17H2,1-7H3,(H,29,32)/t19?,20?,22?,23-/m0/s1. The van der Waals surface area contributed by atoms with Gasteiger partial charge < -0.3 is 33.7 Å². The van der Waals surface area contributed by atoms with E-state index in [4.69, 9.17) is 28.4 Å². The number of rotatable bonds is 12. The fraction of sp³-hybridized carbons (Fsp3) is 0.679. The van der Waals surface area contributed by atoms with Crippen LogP contribution in [0.4, 0.5) is 4.79 Å². The van der Waals surface area contributed by atoms with Gasteiger partial charge >= 0.3 is 18.0 Å². The molecule has 1 aromatic carbocycles. The smallest absolute Gasteiger partial charge is 0.407 e. The summed E-state index contributed by atoms with van der Waals surface area (Å²) >= 11 is 0. The molecular weight excluding hydrogens is 494 g/mol. The maximum Gasteiger partial charge on any atom is 0.407 e. The van der Waals surface area contributed by atoms with Crippen molar-refractivity contribution in [3.63, 3.8) is 0 Å². The van der Waals surface area contributed by atoms with Gasteiger partial charge in [-0.2, -0.15) is 0 Å². The molecule has 1 fully saturated rings. The number of carbonyl (C=O) groups excluding carboxylic acids is 3. The van der Waals surface area contributed by atoms with Gasteiger partial charge in [0.25, 0.3) is 0 Å². The molecule has 1 heterocycles. The highest BCUT2D eigenvalue weighted by Gasteiger charge is 2.32. The van der Waals surface area contributed by atoms with E-state index in [1.165, 1.54) is 6.92 Å². The van der Waals surface area contributed by atoms with E-state index >= 15 is 0 Å². The molecule has 38 heavy (non-hydrogen) atoms. The third kappa shape index (κ3) is 10.9. The molecule has 0 spiro atoms. The molecule has 0 aliphatic carbocycles. The third-order valence-electron chi connectivity index (χ3n) is 5.93. The van der Waals surface area contributed by atoms with Crippen LogP contribution in [0, 0.1) is 17.8 Å². The number of hydrogen-bond donors (Lipinski definition) is 1. The summed E-state index contributed by atoms with van der Waals surface area (Å²) in [6.07, 6.45) is -1.03. The fourth-order valence-electron chi connectivity index (χ4n) is 3.95. The Labute approximate surface area is 225 Å². The minimum absolute atomic E-state index is 0.0429. The van der Waals surface area contributed by atoms with Crippen molar-refractivity contribution in [2.24, 2.45) is 17.8 Å². The molecule has 0 aromatic heterocycles. The van der Waals surface area contributed by atoms with Gasteiger partial charge in [0.2, 0.25) is 6.29 Å². The summed E-state index contributed by atoms with van der Waals surface area (Å²) in [5, 5.41) is 2.60. The number of ether oxygens (including phenoxy) is 6. The topological polar surface area (TPSA) is 119 Å². The number of esters is 2. The van der Waals surface area contributed by atoms with Crippen LogP contribution in [0.3, 0.4) is 0 Å². The van der Waals surface area contributed by atoms with Crippen LogP contribution in [-0.4, -0.2) is 62.9 Å². The van der Waals surface area contributed by atoms with Gasteiger partial charge in [-0.3, -0.25) is 9.59 Å². The van der Waals surface area contributed by atoms with E-state index in [1.54, 1.807) is 27.9 Å².